The van der Waals surface area contributed by atoms with Gasteiger partial charge in [-0.15, -0.1) is 0 Å². The molecule has 1 aromatic rings. The molecule has 0 aromatic heterocycles. The molecular formula is C23H35N3O2. The van der Waals surface area contributed by atoms with E-state index < -0.39 is 5.91 Å². The number of hydrogen-bond acceptors (Lipinski definition) is 4. The fraction of sp³-hybridized carbons (Fsp3) is 0.565. The lowest BCUT2D eigenvalue weighted by molar-refractivity contribution is -0.137. The molecule has 154 valence electrons. The third-order valence-electron chi connectivity index (χ3n) is 5.68. The number of carbonyl (C=O) groups is 2. The Hall–Kier alpha value is -2.14. The quantitative estimate of drug-likeness (QED) is 0.590. The van der Waals surface area contributed by atoms with E-state index in [1.165, 1.54) is 30.3 Å². The molecule has 1 heterocycles. The van der Waals surface area contributed by atoms with Gasteiger partial charge in [0.15, 0.2) is 0 Å². The first-order valence-electron chi connectivity index (χ1n) is 10.6. The van der Waals surface area contributed by atoms with Crippen LogP contribution in [0.3, 0.4) is 0 Å². The Labute approximate surface area is 169 Å². The Morgan fingerprint density at radius 1 is 1.18 bits per heavy atom. The number of anilines is 1. The number of hydrogen-bond donors (Lipinski definition) is 1. The zero-order valence-electron chi connectivity index (χ0n) is 17.5. The second kappa shape index (κ2) is 11.6. The average molecular weight is 386 g/mol. The van der Waals surface area contributed by atoms with E-state index in [1.54, 1.807) is 0 Å². The van der Waals surface area contributed by atoms with E-state index in [9.17, 15) is 9.59 Å². The van der Waals surface area contributed by atoms with E-state index in [2.05, 4.69) is 59.8 Å². The monoisotopic (exact) mass is 385 g/mol. The molecule has 0 atom stereocenters. The lowest BCUT2D eigenvalue weighted by Crippen LogP contribution is -2.33. The van der Waals surface area contributed by atoms with Crippen molar-refractivity contribution in [2.45, 2.75) is 52.5 Å². The van der Waals surface area contributed by atoms with E-state index in [0.717, 1.165) is 45.6 Å². The van der Waals surface area contributed by atoms with Gasteiger partial charge in [-0.05, 0) is 82.4 Å². The summed E-state index contributed by atoms with van der Waals surface area (Å²) in [7, 11) is 0. The minimum absolute atomic E-state index is 0.332. The molecule has 1 N–H and O–H groups in total. The number of amides is 1. The summed E-state index contributed by atoms with van der Waals surface area (Å²) >= 11 is 0. The van der Waals surface area contributed by atoms with Crippen LogP contribution in [0.25, 0.3) is 0 Å². The van der Waals surface area contributed by atoms with Crippen LogP contribution in [0.1, 0.15) is 51.5 Å². The van der Waals surface area contributed by atoms with Gasteiger partial charge in [0, 0.05) is 31.7 Å². The summed E-state index contributed by atoms with van der Waals surface area (Å²) in [6.45, 7) is 13.1. The van der Waals surface area contributed by atoms with E-state index in [4.69, 9.17) is 0 Å². The van der Waals surface area contributed by atoms with Crippen molar-refractivity contribution in [1.29, 1.82) is 0 Å². The molecule has 1 fully saturated rings. The number of piperidine rings is 1. The minimum Gasteiger partial charge on any atom is -0.372 e. The second-order valence-corrected chi connectivity index (χ2v) is 7.55. The van der Waals surface area contributed by atoms with Crippen molar-refractivity contribution in [2.24, 2.45) is 5.92 Å². The van der Waals surface area contributed by atoms with Gasteiger partial charge in [0.05, 0.1) is 0 Å². The van der Waals surface area contributed by atoms with Crippen LogP contribution in [0.15, 0.2) is 37.0 Å². The predicted molar refractivity (Wildman–Crippen MR) is 115 cm³/mol. The Morgan fingerprint density at radius 2 is 1.82 bits per heavy atom. The molecule has 2 rings (SSSR count). The van der Waals surface area contributed by atoms with Gasteiger partial charge in [-0.3, -0.25) is 14.5 Å². The van der Waals surface area contributed by atoms with Crippen LogP contribution in [0.2, 0.25) is 0 Å². The van der Waals surface area contributed by atoms with Crippen molar-refractivity contribution in [3.8, 4) is 0 Å². The summed E-state index contributed by atoms with van der Waals surface area (Å²) in [6, 6.07) is 8.96. The van der Waals surface area contributed by atoms with Crippen molar-refractivity contribution >= 4 is 17.4 Å². The normalized spacial score (nSPS) is 15.2. The summed E-state index contributed by atoms with van der Waals surface area (Å²) in [5, 5.41) is 2.34. The summed E-state index contributed by atoms with van der Waals surface area (Å²) in [5.74, 6) is -0.223. The van der Waals surface area contributed by atoms with Gasteiger partial charge in [0.2, 0.25) is 5.78 Å². The molecule has 0 unspecified atom stereocenters. The lowest BCUT2D eigenvalue weighted by Gasteiger charge is -2.32. The first-order valence-corrected chi connectivity index (χ1v) is 10.6. The van der Waals surface area contributed by atoms with Gasteiger partial charge in [-0.2, -0.15) is 0 Å². The fourth-order valence-corrected chi connectivity index (χ4v) is 3.93. The number of nitrogens with one attached hydrogen (secondary N) is 1. The van der Waals surface area contributed by atoms with Gasteiger partial charge in [-0.1, -0.05) is 18.7 Å². The van der Waals surface area contributed by atoms with Gasteiger partial charge in [0.1, 0.15) is 0 Å². The zero-order chi connectivity index (χ0) is 20.4. The van der Waals surface area contributed by atoms with Crippen LogP contribution in [-0.4, -0.2) is 42.8 Å². The van der Waals surface area contributed by atoms with Crippen LogP contribution in [0.5, 0.6) is 0 Å². The summed E-state index contributed by atoms with van der Waals surface area (Å²) < 4.78 is 0. The molecule has 0 spiro atoms. The third-order valence-corrected chi connectivity index (χ3v) is 5.68. The lowest BCUT2D eigenvalue weighted by atomic mass is 9.91. The van der Waals surface area contributed by atoms with E-state index >= 15 is 0 Å². The molecule has 1 aromatic carbocycles. The predicted octanol–water partition coefficient (Wildman–Crippen LogP) is 3.74. The highest BCUT2D eigenvalue weighted by Crippen LogP contribution is 2.24. The molecule has 5 heteroatoms. The van der Waals surface area contributed by atoms with Crippen molar-refractivity contribution < 1.29 is 9.59 Å². The molecule has 28 heavy (non-hydrogen) atoms. The standard InChI is InChI=1S/C23H35N3O2/c1-4-24-23(28)22(27)9-7-8-19-14-16-25(17-15-19)18-20-10-12-21(13-11-20)26(5-2)6-3/h4,10-13,19H,1,5-9,14-18H2,2-3H3,(H,24,28). The van der Waals surface area contributed by atoms with Gasteiger partial charge in [-0.25, -0.2) is 0 Å². The first kappa shape index (κ1) is 22.2. The number of likely N-dealkylation sites (tertiary alicyclic amines) is 1. The highest BCUT2D eigenvalue weighted by Gasteiger charge is 2.20. The molecule has 0 saturated carbocycles. The number of carbonyl (C=O) groups excluding carboxylic acids is 2. The molecule has 1 aliphatic heterocycles. The molecule has 0 radical (unpaired) electrons. The SMILES string of the molecule is C=CNC(=O)C(=O)CCCC1CCN(Cc2ccc(N(CC)CC)cc2)CC1. The van der Waals surface area contributed by atoms with Crippen molar-refractivity contribution in [3.63, 3.8) is 0 Å². The zero-order valence-corrected chi connectivity index (χ0v) is 17.5. The highest BCUT2D eigenvalue weighted by atomic mass is 16.2. The smallest absolute Gasteiger partial charge is 0.291 e. The maximum atomic E-state index is 11.7. The van der Waals surface area contributed by atoms with E-state index in [0.29, 0.717) is 12.3 Å². The van der Waals surface area contributed by atoms with Gasteiger partial charge >= 0.3 is 0 Å². The minimum atomic E-state index is -0.545. The average Bonchev–Trinajstić information content (AvgIpc) is 2.71. The molecule has 1 amide bonds. The van der Waals surface area contributed by atoms with Crippen LogP contribution < -0.4 is 10.2 Å². The second-order valence-electron chi connectivity index (χ2n) is 7.55. The van der Waals surface area contributed by atoms with Crippen LogP contribution in [-0.2, 0) is 16.1 Å². The number of rotatable bonds is 11. The van der Waals surface area contributed by atoms with Gasteiger partial charge < -0.3 is 10.2 Å². The Bertz CT molecular complexity index is 630. The fourth-order valence-electron chi connectivity index (χ4n) is 3.93. The molecular weight excluding hydrogens is 350 g/mol. The topological polar surface area (TPSA) is 52.7 Å². The largest absolute Gasteiger partial charge is 0.372 e. The van der Waals surface area contributed by atoms with E-state index in [1.807, 2.05) is 0 Å². The molecule has 0 bridgehead atoms. The Morgan fingerprint density at radius 3 is 2.39 bits per heavy atom. The molecule has 5 nitrogen and oxygen atoms in total. The number of nitrogens with zero attached hydrogens (tertiary/aromatic N) is 2. The van der Waals surface area contributed by atoms with Crippen molar-refractivity contribution in [1.82, 2.24) is 10.2 Å². The summed E-state index contributed by atoms with van der Waals surface area (Å²) in [4.78, 5) is 27.9. The molecule has 0 aliphatic carbocycles. The van der Waals surface area contributed by atoms with Crippen LogP contribution in [0, 0.1) is 5.92 Å². The maximum absolute atomic E-state index is 11.7. The number of Topliss-reactive ketones (excluding diaryl/α,β-unsaturated/α-hetero) is 1. The Kier molecular flexibility index (Phi) is 9.21. The summed E-state index contributed by atoms with van der Waals surface area (Å²) in [5.41, 5.74) is 2.66. The number of benzene rings is 1. The highest BCUT2D eigenvalue weighted by molar-refractivity contribution is 6.36. The number of ketones is 1. The molecule has 1 aliphatic rings. The first-order chi connectivity index (χ1) is 13.6. The summed E-state index contributed by atoms with van der Waals surface area (Å²) in [6.07, 6.45) is 5.75. The third kappa shape index (κ3) is 6.79. The van der Waals surface area contributed by atoms with Gasteiger partial charge in [0.25, 0.3) is 5.91 Å². The molecule has 1 saturated heterocycles. The van der Waals surface area contributed by atoms with Crippen LogP contribution in [0.4, 0.5) is 5.69 Å². The Balaban J connectivity index is 1.69. The van der Waals surface area contributed by atoms with Crippen LogP contribution >= 0.6 is 0 Å². The van der Waals surface area contributed by atoms with Crippen molar-refractivity contribution in [3.05, 3.63) is 42.6 Å². The van der Waals surface area contributed by atoms with E-state index in [-0.39, 0.29) is 5.78 Å². The maximum Gasteiger partial charge on any atom is 0.291 e. The van der Waals surface area contributed by atoms with Crippen molar-refractivity contribution in [2.75, 3.05) is 31.1 Å².